The molecule has 162 valence electrons. The standard InChI is InChI=1S/C24H23N5O3/c1-13-7-14(2)21-18(5-6-26-21)19(13)12-29-11-16-4-3-15(9-25)23(22(16)28-29)32-17-8-20(24(30)31)27-10-17/h3-7,11,17,20,26-27H,8,10,12H2,1-2H3,(H,30,31)/t17-,20+/m1/s1. The largest absolute Gasteiger partial charge is 0.485 e. The van der Waals surface area contributed by atoms with Crippen molar-refractivity contribution in [3.05, 3.63) is 58.9 Å². The number of carboxylic acids is 1. The van der Waals surface area contributed by atoms with E-state index in [0.717, 1.165) is 10.9 Å². The van der Waals surface area contributed by atoms with Crippen molar-refractivity contribution in [2.24, 2.45) is 0 Å². The van der Waals surface area contributed by atoms with E-state index in [9.17, 15) is 15.2 Å². The Morgan fingerprint density at radius 3 is 2.94 bits per heavy atom. The van der Waals surface area contributed by atoms with Crippen LogP contribution in [0.15, 0.2) is 36.7 Å². The van der Waals surface area contributed by atoms with Gasteiger partial charge in [-0.3, -0.25) is 9.48 Å². The first-order valence-electron chi connectivity index (χ1n) is 10.5. The van der Waals surface area contributed by atoms with E-state index in [1.165, 1.54) is 22.1 Å². The summed E-state index contributed by atoms with van der Waals surface area (Å²) in [7, 11) is 0. The SMILES string of the molecule is Cc1cc(C)c2[nH]ccc2c1Cn1cc2ccc(C#N)c(O[C@H]3CN[C@H](C(=O)O)C3)c2n1. The van der Waals surface area contributed by atoms with Gasteiger partial charge < -0.3 is 20.1 Å². The van der Waals surface area contributed by atoms with Crippen molar-refractivity contribution in [3.8, 4) is 11.8 Å². The molecule has 4 aromatic rings. The number of benzene rings is 2. The Kier molecular flexibility index (Phi) is 4.83. The van der Waals surface area contributed by atoms with Gasteiger partial charge in [0.05, 0.1) is 12.1 Å². The first-order chi connectivity index (χ1) is 15.4. The van der Waals surface area contributed by atoms with E-state index in [2.05, 4.69) is 42.4 Å². The minimum atomic E-state index is -0.899. The van der Waals surface area contributed by atoms with Crippen molar-refractivity contribution < 1.29 is 14.6 Å². The number of nitriles is 1. The summed E-state index contributed by atoms with van der Waals surface area (Å²) >= 11 is 0. The van der Waals surface area contributed by atoms with Gasteiger partial charge in [-0.25, -0.2) is 0 Å². The third-order valence-electron chi connectivity index (χ3n) is 6.17. The Hall–Kier alpha value is -3.83. The Bertz CT molecular complexity index is 1390. The Morgan fingerprint density at radius 1 is 1.34 bits per heavy atom. The van der Waals surface area contributed by atoms with Crippen LogP contribution in [0.5, 0.6) is 5.75 Å². The Balaban J connectivity index is 1.51. The molecule has 1 aliphatic rings. The Labute approximate surface area is 184 Å². The highest BCUT2D eigenvalue weighted by Crippen LogP contribution is 2.32. The van der Waals surface area contributed by atoms with E-state index in [0.29, 0.717) is 36.3 Å². The number of nitrogens with one attached hydrogen (secondary N) is 2. The van der Waals surface area contributed by atoms with E-state index in [1.54, 1.807) is 6.07 Å². The smallest absolute Gasteiger partial charge is 0.320 e. The predicted octanol–water partition coefficient (Wildman–Crippen LogP) is 3.25. The molecule has 1 fully saturated rings. The molecule has 3 heterocycles. The average Bonchev–Trinajstić information content (AvgIpc) is 3.50. The average molecular weight is 429 g/mol. The molecule has 0 saturated carbocycles. The molecule has 3 N–H and O–H groups in total. The predicted molar refractivity (Wildman–Crippen MR) is 120 cm³/mol. The van der Waals surface area contributed by atoms with Gasteiger partial charge in [0.2, 0.25) is 0 Å². The summed E-state index contributed by atoms with van der Waals surface area (Å²) in [6.45, 7) is 5.19. The number of fused-ring (bicyclic) bond motifs is 2. The number of hydrogen-bond donors (Lipinski definition) is 3. The number of carboxylic acid groups (broad SMARTS) is 1. The lowest BCUT2D eigenvalue weighted by Gasteiger charge is -2.14. The summed E-state index contributed by atoms with van der Waals surface area (Å²) in [5, 5.41) is 28.6. The molecule has 0 spiro atoms. The van der Waals surface area contributed by atoms with Crippen LogP contribution in [-0.2, 0) is 11.3 Å². The third kappa shape index (κ3) is 3.37. The molecule has 1 saturated heterocycles. The van der Waals surface area contributed by atoms with E-state index in [4.69, 9.17) is 9.84 Å². The van der Waals surface area contributed by atoms with Crippen molar-refractivity contribution >= 4 is 27.8 Å². The van der Waals surface area contributed by atoms with Crippen molar-refractivity contribution in [1.29, 1.82) is 5.26 Å². The maximum atomic E-state index is 11.2. The van der Waals surface area contributed by atoms with Crippen molar-refractivity contribution in [3.63, 3.8) is 0 Å². The molecular weight excluding hydrogens is 406 g/mol. The summed E-state index contributed by atoms with van der Waals surface area (Å²) < 4.78 is 7.99. The first kappa shape index (κ1) is 20.1. The molecule has 8 nitrogen and oxygen atoms in total. The van der Waals surface area contributed by atoms with E-state index in [-0.39, 0.29) is 6.10 Å². The van der Waals surface area contributed by atoms with Gasteiger partial charge in [-0.2, -0.15) is 10.4 Å². The van der Waals surface area contributed by atoms with Crippen LogP contribution < -0.4 is 10.1 Å². The van der Waals surface area contributed by atoms with Crippen LogP contribution in [0, 0.1) is 25.2 Å². The fraction of sp³-hybridized carbons (Fsp3) is 0.292. The van der Waals surface area contributed by atoms with Crippen LogP contribution >= 0.6 is 0 Å². The minimum absolute atomic E-state index is 0.335. The lowest BCUT2D eigenvalue weighted by molar-refractivity contribution is -0.139. The van der Waals surface area contributed by atoms with Crippen LogP contribution in [0.3, 0.4) is 0 Å². The van der Waals surface area contributed by atoms with Crippen LogP contribution in [0.25, 0.3) is 21.8 Å². The minimum Gasteiger partial charge on any atom is -0.485 e. The van der Waals surface area contributed by atoms with E-state index in [1.807, 2.05) is 23.1 Å². The molecule has 2 aromatic heterocycles. The quantitative estimate of drug-likeness (QED) is 0.448. The van der Waals surface area contributed by atoms with Gasteiger partial charge in [-0.1, -0.05) is 6.07 Å². The van der Waals surface area contributed by atoms with Crippen LogP contribution in [0.2, 0.25) is 0 Å². The van der Waals surface area contributed by atoms with Crippen LogP contribution in [0.4, 0.5) is 0 Å². The molecule has 0 bridgehead atoms. The van der Waals surface area contributed by atoms with E-state index < -0.39 is 12.0 Å². The lowest BCUT2D eigenvalue weighted by atomic mass is 10.0. The molecule has 2 atom stereocenters. The van der Waals surface area contributed by atoms with E-state index >= 15 is 0 Å². The number of nitrogens with zero attached hydrogens (tertiary/aromatic N) is 3. The molecule has 5 rings (SSSR count). The molecule has 0 unspecified atom stereocenters. The van der Waals surface area contributed by atoms with Gasteiger partial charge in [-0.15, -0.1) is 0 Å². The maximum absolute atomic E-state index is 11.2. The monoisotopic (exact) mass is 429 g/mol. The number of aromatic nitrogens is 3. The highest BCUT2D eigenvalue weighted by atomic mass is 16.5. The molecule has 2 aromatic carbocycles. The second kappa shape index (κ2) is 7.70. The number of aryl methyl sites for hydroxylation is 2. The fourth-order valence-electron chi connectivity index (χ4n) is 4.56. The Morgan fingerprint density at radius 2 is 2.19 bits per heavy atom. The molecule has 0 aliphatic carbocycles. The summed E-state index contributed by atoms with van der Waals surface area (Å²) in [6.07, 6.45) is 3.91. The van der Waals surface area contributed by atoms with Crippen molar-refractivity contribution in [2.45, 2.75) is 39.0 Å². The second-order valence-corrected chi connectivity index (χ2v) is 8.35. The second-order valence-electron chi connectivity index (χ2n) is 8.35. The molecule has 0 radical (unpaired) electrons. The van der Waals surface area contributed by atoms with Crippen molar-refractivity contribution in [2.75, 3.05) is 6.54 Å². The van der Waals surface area contributed by atoms with Gasteiger partial charge in [0.15, 0.2) is 5.75 Å². The third-order valence-corrected chi connectivity index (χ3v) is 6.17. The summed E-state index contributed by atoms with van der Waals surface area (Å²) in [4.78, 5) is 14.6. The summed E-state index contributed by atoms with van der Waals surface area (Å²) in [5.74, 6) is -0.488. The summed E-state index contributed by atoms with van der Waals surface area (Å²) in [6, 6.07) is 9.38. The molecule has 32 heavy (non-hydrogen) atoms. The van der Waals surface area contributed by atoms with Gasteiger partial charge in [0.25, 0.3) is 0 Å². The number of ether oxygens (including phenoxy) is 1. The molecule has 8 heteroatoms. The summed E-state index contributed by atoms with van der Waals surface area (Å²) in [5.41, 5.74) is 5.71. The lowest BCUT2D eigenvalue weighted by Crippen LogP contribution is -2.30. The van der Waals surface area contributed by atoms with Crippen LogP contribution in [0.1, 0.15) is 28.7 Å². The van der Waals surface area contributed by atoms with Gasteiger partial charge in [0.1, 0.15) is 23.7 Å². The number of H-pyrrole nitrogens is 1. The van der Waals surface area contributed by atoms with Gasteiger partial charge >= 0.3 is 5.97 Å². The molecule has 0 amide bonds. The fourth-order valence-corrected chi connectivity index (χ4v) is 4.56. The molecular formula is C24H23N5O3. The number of rotatable bonds is 5. The zero-order valence-corrected chi connectivity index (χ0v) is 17.8. The highest BCUT2D eigenvalue weighted by molar-refractivity contribution is 5.88. The van der Waals surface area contributed by atoms with Crippen LogP contribution in [-0.4, -0.2) is 44.5 Å². The topological polar surface area (TPSA) is 116 Å². The number of hydrogen-bond acceptors (Lipinski definition) is 5. The van der Waals surface area contributed by atoms with Gasteiger partial charge in [0, 0.05) is 41.6 Å². The normalized spacial score (nSPS) is 18.3. The zero-order valence-electron chi connectivity index (χ0n) is 17.8. The maximum Gasteiger partial charge on any atom is 0.320 e. The number of carbonyl (C=O) groups is 1. The molecule has 1 aliphatic heterocycles. The number of aliphatic carboxylic acids is 1. The first-order valence-corrected chi connectivity index (χ1v) is 10.5. The zero-order chi connectivity index (χ0) is 22.4. The highest BCUT2D eigenvalue weighted by Gasteiger charge is 2.31. The van der Waals surface area contributed by atoms with Gasteiger partial charge in [-0.05, 0) is 48.7 Å². The number of aromatic amines is 1. The van der Waals surface area contributed by atoms with Crippen molar-refractivity contribution in [1.82, 2.24) is 20.1 Å².